The van der Waals surface area contributed by atoms with Crippen LogP contribution in [0, 0.1) is 11.3 Å². The van der Waals surface area contributed by atoms with E-state index in [-0.39, 0.29) is 11.6 Å². The number of hydrogen-bond donors (Lipinski definition) is 0. The summed E-state index contributed by atoms with van der Waals surface area (Å²) in [6, 6.07) is 1.85. The van der Waals surface area contributed by atoms with Crippen molar-refractivity contribution < 1.29 is 9.59 Å². The third-order valence-electron chi connectivity index (χ3n) is 3.04. The van der Waals surface area contributed by atoms with Gasteiger partial charge in [-0.05, 0) is 24.3 Å². The molecule has 2 nitrogen and oxygen atoms in total. The van der Waals surface area contributed by atoms with Crippen molar-refractivity contribution in [2.45, 2.75) is 33.6 Å². The van der Waals surface area contributed by atoms with E-state index in [9.17, 15) is 9.59 Å². The first kappa shape index (κ1) is 11.5. The molecule has 1 aliphatic rings. The maximum atomic E-state index is 12.2. The molecule has 0 saturated carbocycles. The minimum Gasteiger partial charge on any atom is -0.298 e. The van der Waals surface area contributed by atoms with Gasteiger partial charge >= 0.3 is 0 Å². The van der Waals surface area contributed by atoms with Gasteiger partial charge in [0.05, 0.1) is 5.92 Å². The highest BCUT2D eigenvalue weighted by molar-refractivity contribution is 7.10. The minimum absolute atomic E-state index is 0.0300. The zero-order chi connectivity index (χ0) is 11.9. The molecule has 0 radical (unpaired) electrons. The molecule has 0 aliphatic heterocycles. The van der Waals surface area contributed by atoms with Crippen molar-refractivity contribution in [2.24, 2.45) is 11.3 Å². The Morgan fingerprint density at radius 2 is 2.12 bits per heavy atom. The standard InChI is InChI=1S/C13H16O2S/c1-13(2,3)12(15)9-4-5-10-8(11(9)14)6-7-16-10/h6-7,9H,4-5H2,1-3H3. The van der Waals surface area contributed by atoms with Gasteiger partial charge in [-0.2, -0.15) is 0 Å². The summed E-state index contributed by atoms with van der Waals surface area (Å²) in [5, 5.41) is 1.94. The maximum absolute atomic E-state index is 12.2. The summed E-state index contributed by atoms with van der Waals surface area (Å²) in [4.78, 5) is 25.4. The third kappa shape index (κ3) is 1.84. The molecule has 0 bridgehead atoms. The Bertz CT molecular complexity index is 437. The number of carbonyl (C=O) groups is 2. The second-order valence-corrected chi connectivity index (χ2v) is 6.33. The van der Waals surface area contributed by atoms with E-state index < -0.39 is 11.3 Å². The van der Waals surface area contributed by atoms with E-state index in [2.05, 4.69) is 0 Å². The number of hydrogen-bond acceptors (Lipinski definition) is 3. The number of ketones is 2. The van der Waals surface area contributed by atoms with Gasteiger partial charge in [0.25, 0.3) is 0 Å². The molecular formula is C13H16O2S. The fraction of sp³-hybridized carbons (Fsp3) is 0.538. The molecule has 1 aliphatic carbocycles. The average Bonchev–Trinajstić information content (AvgIpc) is 2.64. The molecule has 0 amide bonds. The average molecular weight is 236 g/mol. The van der Waals surface area contributed by atoms with Crippen molar-refractivity contribution in [3.8, 4) is 0 Å². The summed E-state index contributed by atoms with van der Waals surface area (Å²) in [5.41, 5.74) is 0.354. The summed E-state index contributed by atoms with van der Waals surface area (Å²) >= 11 is 1.62. The van der Waals surface area contributed by atoms with Crippen LogP contribution in [0.3, 0.4) is 0 Å². The second-order valence-electron chi connectivity index (χ2n) is 5.33. The number of aryl methyl sites for hydroxylation is 1. The molecule has 1 aromatic rings. The lowest BCUT2D eigenvalue weighted by Gasteiger charge is -2.26. The Hall–Kier alpha value is -0.960. The Morgan fingerprint density at radius 1 is 1.44 bits per heavy atom. The lowest BCUT2D eigenvalue weighted by molar-refractivity contribution is -0.129. The van der Waals surface area contributed by atoms with E-state index in [1.165, 1.54) is 0 Å². The predicted molar refractivity (Wildman–Crippen MR) is 64.9 cm³/mol. The largest absolute Gasteiger partial charge is 0.298 e. The molecule has 1 heterocycles. The van der Waals surface area contributed by atoms with Gasteiger partial charge in [-0.25, -0.2) is 0 Å². The second kappa shape index (κ2) is 3.81. The van der Waals surface area contributed by atoms with E-state index >= 15 is 0 Å². The highest BCUT2D eigenvalue weighted by Crippen LogP contribution is 2.33. The van der Waals surface area contributed by atoms with Crippen LogP contribution in [-0.4, -0.2) is 11.6 Å². The number of rotatable bonds is 1. The van der Waals surface area contributed by atoms with E-state index in [1.54, 1.807) is 11.3 Å². The summed E-state index contributed by atoms with van der Waals surface area (Å²) in [5.74, 6) is -0.307. The third-order valence-corrected chi connectivity index (χ3v) is 4.02. The first-order valence-electron chi connectivity index (χ1n) is 5.56. The molecule has 86 valence electrons. The highest BCUT2D eigenvalue weighted by atomic mass is 32.1. The summed E-state index contributed by atoms with van der Waals surface area (Å²) in [6.45, 7) is 5.64. The molecule has 2 rings (SSSR count). The van der Waals surface area contributed by atoms with Crippen molar-refractivity contribution >= 4 is 22.9 Å². The van der Waals surface area contributed by atoms with Gasteiger partial charge in [0.15, 0.2) is 5.78 Å². The van der Waals surface area contributed by atoms with Crippen LogP contribution in [0.5, 0.6) is 0 Å². The van der Waals surface area contributed by atoms with Crippen LogP contribution >= 0.6 is 11.3 Å². The lowest BCUT2D eigenvalue weighted by atomic mass is 9.75. The van der Waals surface area contributed by atoms with Crippen LogP contribution in [0.4, 0.5) is 0 Å². The van der Waals surface area contributed by atoms with Gasteiger partial charge in [0.2, 0.25) is 0 Å². The van der Waals surface area contributed by atoms with Gasteiger partial charge in [-0.3, -0.25) is 9.59 Å². The number of Topliss-reactive ketones (excluding diaryl/α,β-unsaturated/α-hetero) is 2. The number of carbonyl (C=O) groups excluding carboxylic acids is 2. The Kier molecular flexibility index (Phi) is 2.74. The highest BCUT2D eigenvalue weighted by Gasteiger charge is 2.38. The lowest BCUT2D eigenvalue weighted by Crippen LogP contribution is -2.36. The van der Waals surface area contributed by atoms with E-state index in [0.717, 1.165) is 16.9 Å². The smallest absolute Gasteiger partial charge is 0.174 e. The molecule has 16 heavy (non-hydrogen) atoms. The number of fused-ring (bicyclic) bond motifs is 1. The molecular weight excluding hydrogens is 220 g/mol. The van der Waals surface area contributed by atoms with Gasteiger partial charge < -0.3 is 0 Å². The van der Waals surface area contributed by atoms with Crippen molar-refractivity contribution in [2.75, 3.05) is 0 Å². The Balaban J connectivity index is 2.29. The van der Waals surface area contributed by atoms with Crippen molar-refractivity contribution in [3.05, 3.63) is 21.9 Å². The Morgan fingerprint density at radius 3 is 2.75 bits per heavy atom. The normalized spacial score (nSPS) is 20.7. The zero-order valence-corrected chi connectivity index (χ0v) is 10.7. The summed E-state index contributed by atoms with van der Waals surface area (Å²) < 4.78 is 0. The summed E-state index contributed by atoms with van der Waals surface area (Å²) in [6.07, 6.45) is 1.55. The SMILES string of the molecule is CC(C)(C)C(=O)C1CCc2sccc2C1=O. The summed E-state index contributed by atoms with van der Waals surface area (Å²) in [7, 11) is 0. The molecule has 1 unspecified atom stereocenters. The fourth-order valence-corrected chi connectivity index (χ4v) is 3.02. The van der Waals surface area contributed by atoms with Gasteiger partial charge in [-0.1, -0.05) is 20.8 Å². The van der Waals surface area contributed by atoms with Crippen molar-refractivity contribution in [3.63, 3.8) is 0 Å². The molecule has 0 spiro atoms. The first-order valence-corrected chi connectivity index (χ1v) is 6.44. The van der Waals surface area contributed by atoms with Crippen LogP contribution < -0.4 is 0 Å². The van der Waals surface area contributed by atoms with Gasteiger partial charge in [0.1, 0.15) is 5.78 Å². The van der Waals surface area contributed by atoms with E-state index in [4.69, 9.17) is 0 Å². The van der Waals surface area contributed by atoms with E-state index in [1.807, 2.05) is 32.2 Å². The van der Waals surface area contributed by atoms with Crippen molar-refractivity contribution in [1.82, 2.24) is 0 Å². The van der Waals surface area contributed by atoms with Crippen LogP contribution in [0.2, 0.25) is 0 Å². The van der Waals surface area contributed by atoms with Gasteiger partial charge in [-0.15, -0.1) is 11.3 Å². The Labute approximate surface area is 99.7 Å². The topological polar surface area (TPSA) is 34.1 Å². The first-order chi connectivity index (χ1) is 7.41. The number of thiophene rings is 1. The zero-order valence-electron chi connectivity index (χ0n) is 9.87. The molecule has 0 fully saturated rings. The fourth-order valence-electron chi connectivity index (χ4n) is 2.12. The van der Waals surface area contributed by atoms with Crippen LogP contribution in [0.1, 0.15) is 42.4 Å². The molecule has 0 aromatic carbocycles. The molecule has 0 saturated heterocycles. The van der Waals surface area contributed by atoms with Crippen LogP contribution in [-0.2, 0) is 11.2 Å². The van der Waals surface area contributed by atoms with Gasteiger partial charge in [0, 0.05) is 15.9 Å². The molecule has 1 aromatic heterocycles. The monoisotopic (exact) mass is 236 g/mol. The molecule has 3 heteroatoms. The predicted octanol–water partition coefficient (Wildman–Crippen LogP) is 3.11. The molecule has 0 N–H and O–H groups in total. The van der Waals surface area contributed by atoms with Crippen LogP contribution in [0.15, 0.2) is 11.4 Å². The van der Waals surface area contributed by atoms with Crippen LogP contribution in [0.25, 0.3) is 0 Å². The minimum atomic E-state index is -0.423. The van der Waals surface area contributed by atoms with E-state index in [0.29, 0.717) is 6.42 Å². The van der Waals surface area contributed by atoms with Crippen molar-refractivity contribution in [1.29, 1.82) is 0 Å². The molecule has 1 atom stereocenters. The quantitative estimate of drug-likeness (QED) is 0.702. The maximum Gasteiger partial charge on any atom is 0.174 e.